The monoisotopic (exact) mass is 527 g/mol. The van der Waals surface area contributed by atoms with Crippen LogP contribution in [0.4, 0.5) is 4.39 Å². The van der Waals surface area contributed by atoms with Gasteiger partial charge in [0.2, 0.25) is 0 Å². The van der Waals surface area contributed by atoms with E-state index in [1.54, 1.807) is 12.1 Å². The van der Waals surface area contributed by atoms with Crippen LogP contribution in [0, 0.1) is 5.82 Å². The van der Waals surface area contributed by atoms with Gasteiger partial charge < -0.3 is 14.7 Å². The van der Waals surface area contributed by atoms with Crippen LogP contribution in [0.15, 0.2) is 53.4 Å². The van der Waals surface area contributed by atoms with Crippen LogP contribution in [0.1, 0.15) is 55.0 Å². The molecule has 3 aliphatic heterocycles. The summed E-state index contributed by atoms with van der Waals surface area (Å²) in [5.74, 6) is -0.287. The average Bonchev–Trinajstić information content (AvgIpc) is 3.20. The van der Waals surface area contributed by atoms with Crippen molar-refractivity contribution in [2.24, 2.45) is 0 Å². The van der Waals surface area contributed by atoms with E-state index < -0.39 is 0 Å². The number of hydrogen-bond donors (Lipinski definition) is 0. The number of thioether (sulfide) groups is 1. The molecule has 0 saturated carbocycles. The number of hydrogen-bond acceptors (Lipinski definition) is 4. The van der Waals surface area contributed by atoms with Crippen LogP contribution in [-0.4, -0.2) is 65.9 Å². The van der Waals surface area contributed by atoms with Crippen molar-refractivity contribution in [2.75, 3.05) is 39.3 Å². The van der Waals surface area contributed by atoms with E-state index in [2.05, 4.69) is 9.80 Å². The highest BCUT2D eigenvalue weighted by atomic mass is 35.5. The van der Waals surface area contributed by atoms with E-state index in [4.69, 9.17) is 11.6 Å². The quantitative estimate of drug-likeness (QED) is 0.387. The number of benzene rings is 2. The Balaban J connectivity index is 1.22. The first-order valence-corrected chi connectivity index (χ1v) is 14.5. The number of piperidine rings is 2. The number of rotatable bonds is 7. The smallest absolute Gasteiger partial charge is 0.261 e. The van der Waals surface area contributed by atoms with Gasteiger partial charge in [0.25, 0.3) is 5.91 Å². The molecule has 0 radical (unpaired) electrons. The standard InChI is InChI=1S/C29H35ClFN3OS/c30-24-9-5-8-23(21-24)29-34(28(35)27(36-29)20-22-7-4-10-25(31)19-22)16-6-13-32-17-11-26(12-18-32)33-14-2-1-3-15-33/h4-5,7-10,19-21,26,29H,1-3,6,11-18H2/b27-20+. The number of halogens is 2. The lowest BCUT2D eigenvalue weighted by atomic mass is 10.00. The lowest BCUT2D eigenvalue weighted by Gasteiger charge is -2.40. The van der Waals surface area contributed by atoms with E-state index in [9.17, 15) is 9.18 Å². The molecule has 2 aromatic rings. The maximum Gasteiger partial charge on any atom is 0.261 e. The second-order valence-corrected chi connectivity index (χ2v) is 11.7. The molecule has 1 unspecified atom stereocenters. The third-order valence-corrected chi connectivity index (χ3v) is 9.14. The Morgan fingerprint density at radius 3 is 2.50 bits per heavy atom. The molecular weight excluding hydrogens is 493 g/mol. The van der Waals surface area contributed by atoms with Crippen molar-refractivity contribution in [2.45, 2.75) is 49.9 Å². The van der Waals surface area contributed by atoms with Gasteiger partial charge in [-0.15, -0.1) is 0 Å². The van der Waals surface area contributed by atoms with Crippen LogP contribution < -0.4 is 0 Å². The fourth-order valence-corrected chi connectivity index (χ4v) is 7.18. The van der Waals surface area contributed by atoms with E-state index in [1.165, 1.54) is 69.1 Å². The Bertz CT molecular complexity index is 1080. The summed E-state index contributed by atoms with van der Waals surface area (Å²) >= 11 is 7.81. The summed E-state index contributed by atoms with van der Waals surface area (Å²) in [5, 5.41) is 0.542. The molecule has 3 aliphatic rings. The molecule has 0 aliphatic carbocycles. The van der Waals surface area contributed by atoms with Crippen LogP contribution in [0.3, 0.4) is 0 Å². The summed E-state index contributed by atoms with van der Waals surface area (Å²) in [7, 11) is 0. The van der Waals surface area contributed by atoms with Crippen LogP contribution in [0.25, 0.3) is 6.08 Å². The number of nitrogens with zero attached hydrogens (tertiary/aromatic N) is 3. The summed E-state index contributed by atoms with van der Waals surface area (Å²) in [4.78, 5) is 21.3. The first-order chi connectivity index (χ1) is 17.6. The Kier molecular flexibility index (Phi) is 8.68. The molecule has 1 amide bonds. The molecular formula is C29H35ClFN3OS. The van der Waals surface area contributed by atoms with Gasteiger partial charge in [0.15, 0.2) is 0 Å². The van der Waals surface area contributed by atoms with Gasteiger partial charge in [-0.1, -0.05) is 54.0 Å². The fourth-order valence-electron chi connectivity index (χ4n) is 5.71. The molecule has 1 atom stereocenters. The van der Waals surface area contributed by atoms with Gasteiger partial charge in [0, 0.05) is 17.6 Å². The fraction of sp³-hybridized carbons (Fsp3) is 0.483. The molecule has 3 saturated heterocycles. The van der Waals surface area contributed by atoms with E-state index in [-0.39, 0.29) is 17.1 Å². The molecule has 5 rings (SSSR count). The molecule has 0 spiro atoms. The number of carbonyl (C=O) groups is 1. The zero-order valence-corrected chi connectivity index (χ0v) is 22.3. The van der Waals surface area contributed by atoms with Crippen LogP contribution in [0.2, 0.25) is 5.02 Å². The van der Waals surface area contributed by atoms with Gasteiger partial charge in [-0.25, -0.2) is 4.39 Å². The highest BCUT2D eigenvalue weighted by Gasteiger charge is 2.37. The summed E-state index contributed by atoms with van der Waals surface area (Å²) in [6.07, 6.45) is 9.34. The minimum absolute atomic E-state index is 0.0121. The van der Waals surface area contributed by atoms with Crippen molar-refractivity contribution in [1.82, 2.24) is 14.7 Å². The van der Waals surface area contributed by atoms with Gasteiger partial charge in [-0.2, -0.15) is 0 Å². The molecule has 4 nitrogen and oxygen atoms in total. The number of carbonyl (C=O) groups excluding carboxylic acids is 1. The minimum Gasteiger partial charge on any atom is -0.322 e. The molecule has 2 aromatic carbocycles. The molecule has 36 heavy (non-hydrogen) atoms. The lowest BCUT2D eigenvalue weighted by molar-refractivity contribution is -0.126. The topological polar surface area (TPSA) is 26.8 Å². The molecule has 0 N–H and O–H groups in total. The van der Waals surface area contributed by atoms with Gasteiger partial charge in [0.05, 0.1) is 4.91 Å². The van der Waals surface area contributed by atoms with Crippen molar-refractivity contribution in [3.05, 3.63) is 75.4 Å². The summed E-state index contributed by atoms with van der Waals surface area (Å²) in [5.41, 5.74) is 1.72. The van der Waals surface area contributed by atoms with Crippen molar-refractivity contribution in [1.29, 1.82) is 0 Å². The maximum absolute atomic E-state index is 13.7. The Hall–Kier alpha value is -1.86. The van der Waals surface area contributed by atoms with Crippen LogP contribution in [0.5, 0.6) is 0 Å². The Morgan fingerprint density at radius 1 is 0.972 bits per heavy atom. The zero-order chi connectivity index (χ0) is 24.9. The van der Waals surface area contributed by atoms with E-state index in [1.807, 2.05) is 35.2 Å². The number of likely N-dealkylation sites (tertiary alicyclic amines) is 2. The SMILES string of the molecule is O=C1/C(=C\c2cccc(F)c2)SC(c2cccc(Cl)c2)N1CCCN1CCC(N2CCCCC2)CC1. The first-order valence-electron chi connectivity index (χ1n) is 13.2. The summed E-state index contributed by atoms with van der Waals surface area (Å²) in [6.45, 7) is 6.53. The first kappa shape index (κ1) is 25.8. The average molecular weight is 528 g/mol. The van der Waals surface area contributed by atoms with E-state index in [0.29, 0.717) is 22.0 Å². The van der Waals surface area contributed by atoms with Gasteiger partial charge in [0.1, 0.15) is 11.2 Å². The summed E-state index contributed by atoms with van der Waals surface area (Å²) < 4.78 is 13.7. The maximum atomic E-state index is 13.7. The lowest BCUT2D eigenvalue weighted by Crippen LogP contribution is -2.47. The predicted octanol–water partition coefficient (Wildman–Crippen LogP) is 6.43. The van der Waals surface area contributed by atoms with Gasteiger partial charge >= 0.3 is 0 Å². The van der Waals surface area contributed by atoms with Crippen molar-refractivity contribution in [3.8, 4) is 0 Å². The van der Waals surface area contributed by atoms with Crippen molar-refractivity contribution < 1.29 is 9.18 Å². The molecule has 0 bridgehead atoms. The Labute approximate surface area is 223 Å². The van der Waals surface area contributed by atoms with Gasteiger partial charge in [-0.3, -0.25) is 4.79 Å². The largest absolute Gasteiger partial charge is 0.322 e. The van der Waals surface area contributed by atoms with E-state index >= 15 is 0 Å². The second-order valence-electron chi connectivity index (χ2n) is 10.1. The van der Waals surface area contributed by atoms with Gasteiger partial charge in [-0.05, 0) is 106 Å². The van der Waals surface area contributed by atoms with E-state index in [0.717, 1.165) is 37.7 Å². The van der Waals surface area contributed by atoms with Crippen molar-refractivity contribution in [3.63, 3.8) is 0 Å². The third-order valence-electron chi connectivity index (χ3n) is 7.61. The molecule has 192 valence electrons. The number of amides is 1. The molecule has 3 fully saturated rings. The highest BCUT2D eigenvalue weighted by molar-refractivity contribution is 8.04. The molecule has 0 aromatic heterocycles. The molecule has 3 heterocycles. The Morgan fingerprint density at radius 2 is 1.75 bits per heavy atom. The zero-order valence-electron chi connectivity index (χ0n) is 20.8. The minimum atomic E-state index is -0.299. The highest BCUT2D eigenvalue weighted by Crippen LogP contribution is 2.46. The van der Waals surface area contributed by atoms with Crippen molar-refractivity contribution >= 4 is 35.3 Å². The normalized spacial score (nSPS) is 23.6. The predicted molar refractivity (Wildman–Crippen MR) is 147 cm³/mol. The molecule has 7 heteroatoms. The second kappa shape index (κ2) is 12.1. The van der Waals surface area contributed by atoms with Crippen LogP contribution >= 0.6 is 23.4 Å². The van der Waals surface area contributed by atoms with Crippen LogP contribution in [-0.2, 0) is 4.79 Å². The third kappa shape index (κ3) is 6.34. The summed E-state index contributed by atoms with van der Waals surface area (Å²) in [6, 6.07) is 14.9.